The number of benzene rings is 1. The van der Waals surface area contributed by atoms with Gasteiger partial charge in [0.15, 0.2) is 0 Å². The van der Waals surface area contributed by atoms with Crippen LogP contribution in [0.1, 0.15) is 36.5 Å². The molecule has 4 N–H and O–H groups in total. The summed E-state index contributed by atoms with van der Waals surface area (Å²) in [6.45, 7) is 6.85. The highest BCUT2D eigenvalue weighted by Crippen LogP contribution is 2.18. The summed E-state index contributed by atoms with van der Waals surface area (Å²) in [5, 5.41) is 11.9. The van der Waals surface area contributed by atoms with E-state index in [9.17, 15) is 9.90 Å². The molecule has 4 nitrogen and oxygen atoms in total. The van der Waals surface area contributed by atoms with Crippen molar-refractivity contribution in [1.82, 2.24) is 5.32 Å². The van der Waals surface area contributed by atoms with Crippen LogP contribution in [0.2, 0.25) is 0 Å². The molecule has 0 saturated carbocycles. The third kappa shape index (κ3) is 4.65. The number of carbonyl (C=O) groups is 1. The van der Waals surface area contributed by atoms with E-state index in [2.05, 4.69) is 44.3 Å². The average Bonchev–Trinajstić information content (AvgIpc) is 2.39. The number of carbonyl (C=O) groups excluding carboxylic acids is 1. The maximum atomic E-state index is 11.4. The van der Waals surface area contributed by atoms with Gasteiger partial charge < -0.3 is 16.2 Å². The van der Waals surface area contributed by atoms with Gasteiger partial charge in [-0.1, -0.05) is 32.0 Å². The monoisotopic (exact) mass is 264 g/mol. The van der Waals surface area contributed by atoms with E-state index in [0.717, 1.165) is 6.42 Å². The number of hydrogen-bond donors (Lipinski definition) is 3. The van der Waals surface area contributed by atoms with Gasteiger partial charge in [0.25, 0.3) is 0 Å². The Morgan fingerprint density at radius 1 is 1.42 bits per heavy atom. The van der Waals surface area contributed by atoms with E-state index in [1.165, 1.54) is 16.7 Å². The molecular weight excluding hydrogens is 240 g/mol. The number of rotatable bonds is 6. The minimum absolute atomic E-state index is 0.0479. The van der Waals surface area contributed by atoms with Gasteiger partial charge in [-0.15, -0.1) is 0 Å². The van der Waals surface area contributed by atoms with Gasteiger partial charge >= 0.3 is 0 Å². The van der Waals surface area contributed by atoms with Gasteiger partial charge in [-0.2, -0.15) is 0 Å². The Kier molecular flexibility index (Phi) is 5.99. The molecule has 0 radical (unpaired) electrons. The molecule has 19 heavy (non-hydrogen) atoms. The third-order valence-corrected chi connectivity index (χ3v) is 3.26. The lowest BCUT2D eigenvalue weighted by Gasteiger charge is -2.13. The summed E-state index contributed by atoms with van der Waals surface area (Å²) in [5.41, 5.74) is 8.97. The van der Waals surface area contributed by atoms with Gasteiger partial charge in [0.1, 0.15) is 6.10 Å². The van der Waals surface area contributed by atoms with E-state index in [0.29, 0.717) is 12.5 Å². The Morgan fingerprint density at radius 3 is 2.68 bits per heavy atom. The van der Waals surface area contributed by atoms with Crippen LogP contribution in [0, 0.1) is 6.92 Å². The summed E-state index contributed by atoms with van der Waals surface area (Å²) >= 11 is 0. The fraction of sp³-hybridized carbons (Fsp3) is 0.533. The van der Waals surface area contributed by atoms with Crippen molar-refractivity contribution in [2.24, 2.45) is 5.73 Å². The SMILES string of the molecule is Cc1ccc(C(C)C)cc1CCNC(=O)C(O)CN. The summed E-state index contributed by atoms with van der Waals surface area (Å²) in [6, 6.07) is 6.44. The van der Waals surface area contributed by atoms with E-state index >= 15 is 0 Å². The molecule has 4 heteroatoms. The standard InChI is InChI=1S/C15H24N2O2/c1-10(2)12-5-4-11(3)13(8-12)6-7-17-15(19)14(18)9-16/h4-5,8,10,14,18H,6-7,9,16H2,1-3H3,(H,17,19). The van der Waals surface area contributed by atoms with E-state index in [1.807, 2.05) is 0 Å². The van der Waals surface area contributed by atoms with Crippen molar-refractivity contribution in [1.29, 1.82) is 0 Å². The van der Waals surface area contributed by atoms with Gasteiger partial charge in [-0.3, -0.25) is 4.79 Å². The molecule has 1 aromatic carbocycles. The molecule has 1 rings (SSSR count). The average molecular weight is 264 g/mol. The first-order valence-corrected chi connectivity index (χ1v) is 6.71. The number of aliphatic hydroxyl groups excluding tert-OH is 1. The lowest BCUT2D eigenvalue weighted by atomic mass is 9.96. The Hall–Kier alpha value is -1.39. The van der Waals surface area contributed by atoms with Crippen molar-refractivity contribution < 1.29 is 9.90 Å². The van der Waals surface area contributed by atoms with Crippen molar-refractivity contribution in [3.63, 3.8) is 0 Å². The summed E-state index contributed by atoms with van der Waals surface area (Å²) in [7, 11) is 0. The summed E-state index contributed by atoms with van der Waals surface area (Å²) in [5.74, 6) is 0.0909. The fourth-order valence-corrected chi connectivity index (χ4v) is 1.87. The molecular formula is C15H24N2O2. The molecule has 0 aliphatic rings. The second kappa shape index (κ2) is 7.26. The molecule has 1 amide bonds. The fourth-order valence-electron chi connectivity index (χ4n) is 1.87. The van der Waals surface area contributed by atoms with Crippen molar-refractivity contribution in [2.45, 2.75) is 39.2 Å². The maximum Gasteiger partial charge on any atom is 0.250 e. The topological polar surface area (TPSA) is 75.3 Å². The molecule has 0 aliphatic heterocycles. The number of aliphatic hydroxyl groups is 1. The van der Waals surface area contributed by atoms with Crippen LogP contribution in [0.25, 0.3) is 0 Å². The minimum atomic E-state index is -1.11. The molecule has 0 spiro atoms. The first kappa shape index (κ1) is 15.7. The molecule has 0 saturated heterocycles. The van der Waals surface area contributed by atoms with Crippen molar-refractivity contribution in [3.05, 3.63) is 34.9 Å². The zero-order valence-electron chi connectivity index (χ0n) is 11.9. The molecule has 0 aliphatic carbocycles. The number of hydrogen-bond acceptors (Lipinski definition) is 3. The maximum absolute atomic E-state index is 11.4. The van der Waals surface area contributed by atoms with Crippen LogP contribution in [0.15, 0.2) is 18.2 Å². The summed E-state index contributed by atoms with van der Waals surface area (Å²) in [4.78, 5) is 11.4. The number of amides is 1. The van der Waals surface area contributed by atoms with Crippen molar-refractivity contribution in [2.75, 3.05) is 13.1 Å². The van der Waals surface area contributed by atoms with E-state index in [4.69, 9.17) is 5.73 Å². The predicted octanol–water partition coefficient (Wildman–Crippen LogP) is 1.10. The van der Waals surface area contributed by atoms with E-state index in [-0.39, 0.29) is 6.54 Å². The normalized spacial score (nSPS) is 12.5. The van der Waals surface area contributed by atoms with Gasteiger partial charge in [-0.25, -0.2) is 0 Å². The van der Waals surface area contributed by atoms with Crippen LogP contribution >= 0.6 is 0 Å². The summed E-state index contributed by atoms with van der Waals surface area (Å²) in [6.07, 6.45) is -0.349. The van der Waals surface area contributed by atoms with Gasteiger partial charge in [0, 0.05) is 13.1 Å². The molecule has 106 valence electrons. The third-order valence-electron chi connectivity index (χ3n) is 3.26. The lowest BCUT2D eigenvalue weighted by molar-refractivity contribution is -0.128. The van der Waals surface area contributed by atoms with Gasteiger partial charge in [0.2, 0.25) is 5.91 Å². The largest absolute Gasteiger partial charge is 0.382 e. The van der Waals surface area contributed by atoms with E-state index < -0.39 is 12.0 Å². The summed E-state index contributed by atoms with van der Waals surface area (Å²) < 4.78 is 0. The highest BCUT2D eigenvalue weighted by atomic mass is 16.3. The molecule has 0 fully saturated rings. The number of aryl methyl sites for hydroxylation is 1. The Bertz CT molecular complexity index is 430. The smallest absolute Gasteiger partial charge is 0.250 e. The predicted molar refractivity (Wildman–Crippen MR) is 77.0 cm³/mol. The molecule has 1 atom stereocenters. The van der Waals surface area contributed by atoms with Crippen molar-refractivity contribution in [3.8, 4) is 0 Å². The first-order chi connectivity index (χ1) is 8.95. The van der Waals surface area contributed by atoms with Crippen LogP contribution < -0.4 is 11.1 Å². The first-order valence-electron chi connectivity index (χ1n) is 6.71. The van der Waals surface area contributed by atoms with Gasteiger partial charge in [-0.05, 0) is 36.0 Å². The Morgan fingerprint density at radius 2 is 2.11 bits per heavy atom. The van der Waals surface area contributed by atoms with Crippen LogP contribution in [-0.2, 0) is 11.2 Å². The van der Waals surface area contributed by atoms with Gasteiger partial charge in [0.05, 0.1) is 0 Å². The highest BCUT2D eigenvalue weighted by molar-refractivity contribution is 5.80. The molecule has 0 bridgehead atoms. The molecule has 1 unspecified atom stereocenters. The quantitative estimate of drug-likeness (QED) is 0.720. The highest BCUT2D eigenvalue weighted by Gasteiger charge is 2.11. The molecule has 0 aromatic heterocycles. The lowest BCUT2D eigenvalue weighted by Crippen LogP contribution is -2.40. The Labute approximate surface area is 115 Å². The Balaban J connectivity index is 2.58. The number of nitrogens with two attached hydrogens (primary N) is 1. The van der Waals surface area contributed by atoms with Crippen molar-refractivity contribution >= 4 is 5.91 Å². The van der Waals surface area contributed by atoms with Crippen LogP contribution in [0.4, 0.5) is 0 Å². The zero-order valence-corrected chi connectivity index (χ0v) is 11.9. The van der Waals surface area contributed by atoms with Crippen LogP contribution in [0.3, 0.4) is 0 Å². The minimum Gasteiger partial charge on any atom is -0.382 e. The van der Waals surface area contributed by atoms with Crippen LogP contribution in [0.5, 0.6) is 0 Å². The van der Waals surface area contributed by atoms with E-state index in [1.54, 1.807) is 0 Å². The molecule has 1 aromatic rings. The number of nitrogens with one attached hydrogen (secondary N) is 1. The zero-order chi connectivity index (χ0) is 14.4. The second-order valence-electron chi connectivity index (χ2n) is 5.13. The molecule has 0 heterocycles. The second-order valence-corrected chi connectivity index (χ2v) is 5.13. The van der Waals surface area contributed by atoms with Crippen LogP contribution in [-0.4, -0.2) is 30.2 Å².